The summed E-state index contributed by atoms with van der Waals surface area (Å²) in [5, 5.41) is 6.34. The van der Waals surface area contributed by atoms with Crippen molar-refractivity contribution >= 4 is 23.7 Å². The minimum absolute atomic E-state index is 0.413. The summed E-state index contributed by atoms with van der Waals surface area (Å²) in [6, 6.07) is 22.2. The first kappa shape index (κ1) is 21.6. The molecule has 0 radical (unpaired) electrons. The molecule has 0 aliphatic heterocycles. The summed E-state index contributed by atoms with van der Waals surface area (Å²) in [4.78, 5) is 23.9. The molecular weight excluding hydrogens is 394 g/mol. The molecular formula is C24H23N3O4. The minimum Gasteiger partial charge on any atom is -0.493 e. The zero-order chi connectivity index (χ0) is 22.1. The molecule has 3 rings (SSSR count). The highest BCUT2D eigenvalue weighted by molar-refractivity contribution is 6.39. The molecule has 0 unspecified atom stereocenters. The Bertz CT molecular complexity index is 1060. The van der Waals surface area contributed by atoms with Gasteiger partial charge in [0.1, 0.15) is 6.61 Å². The van der Waals surface area contributed by atoms with Gasteiger partial charge >= 0.3 is 11.8 Å². The van der Waals surface area contributed by atoms with Crippen LogP contribution in [0.1, 0.15) is 16.7 Å². The van der Waals surface area contributed by atoms with Crippen molar-refractivity contribution in [3.8, 4) is 11.5 Å². The number of hydrogen-bond donors (Lipinski definition) is 2. The Balaban J connectivity index is 1.55. The third kappa shape index (κ3) is 6.43. The maximum Gasteiger partial charge on any atom is 0.329 e. The fourth-order valence-electron chi connectivity index (χ4n) is 2.66. The van der Waals surface area contributed by atoms with Gasteiger partial charge < -0.3 is 14.8 Å². The van der Waals surface area contributed by atoms with Gasteiger partial charge in [-0.3, -0.25) is 9.59 Å². The number of amides is 2. The molecule has 2 N–H and O–H groups in total. The van der Waals surface area contributed by atoms with E-state index < -0.39 is 11.8 Å². The minimum atomic E-state index is -0.869. The molecule has 0 atom stereocenters. The number of benzene rings is 3. The lowest BCUT2D eigenvalue weighted by molar-refractivity contribution is -0.136. The molecule has 0 aromatic heterocycles. The van der Waals surface area contributed by atoms with Crippen LogP contribution in [0.3, 0.4) is 0 Å². The van der Waals surface area contributed by atoms with Gasteiger partial charge in [0.2, 0.25) is 0 Å². The van der Waals surface area contributed by atoms with Crippen LogP contribution in [0.4, 0.5) is 5.69 Å². The first-order valence-corrected chi connectivity index (χ1v) is 9.61. The Kier molecular flexibility index (Phi) is 7.37. The zero-order valence-corrected chi connectivity index (χ0v) is 17.3. The van der Waals surface area contributed by atoms with Crippen LogP contribution in [-0.2, 0) is 16.2 Å². The van der Waals surface area contributed by atoms with Gasteiger partial charge in [-0.15, -0.1) is 0 Å². The monoisotopic (exact) mass is 417 g/mol. The van der Waals surface area contributed by atoms with E-state index in [4.69, 9.17) is 9.47 Å². The quantitative estimate of drug-likeness (QED) is 0.349. The molecule has 7 nitrogen and oxygen atoms in total. The molecule has 0 heterocycles. The Morgan fingerprint density at radius 1 is 0.935 bits per heavy atom. The Morgan fingerprint density at radius 3 is 2.39 bits per heavy atom. The number of carbonyl (C=O) groups is 2. The summed E-state index contributed by atoms with van der Waals surface area (Å²) in [6.45, 7) is 2.35. The summed E-state index contributed by atoms with van der Waals surface area (Å²) < 4.78 is 11.2. The predicted molar refractivity (Wildman–Crippen MR) is 119 cm³/mol. The maximum absolute atomic E-state index is 11.9. The fraction of sp³-hybridized carbons (Fsp3) is 0.125. The van der Waals surface area contributed by atoms with E-state index in [1.165, 1.54) is 6.21 Å². The molecule has 0 aliphatic rings. The standard InChI is InChI=1S/C24H23N3O4/c1-17-8-11-20(12-9-17)26-23(28)24(29)27-25-15-19-10-13-21(22(14-19)30-2)31-16-18-6-4-3-5-7-18/h3-15H,16H2,1-2H3,(H,26,28)(H,27,29)/b25-15+. The number of aryl methyl sites for hydroxylation is 1. The largest absolute Gasteiger partial charge is 0.493 e. The normalized spacial score (nSPS) is 10.5. The first-order valence-electron chi connectivity index (χ1n) is 9.61. The lowest BCUT2D eigenvalue weighted by Crippen LogP contribution is -2.32. The van der Waals surface area contributed by atoms with Crippen LogP contribution in [0.15, 0.2) is 77.9 Å². The van der Waals surface area contributed by atoms with E-state index in [9.17, 15) is 9.59 Å². The van der Waals surface area contributed by atoms with E-state index in [1.807, 2.05) is 49.4 Å². The number of hydrazone groups is 1. The SMILES string of the molecule is COc1cc(/C=N/NC(=O)C(=O)Nc2ccc(C)cc2)ccc1OCc1ccccc1. The fourth-order valence-corrected chi connectivity index (χ4v) is 2.66. The second kappa shape index (κ2) is 10.6. The van der Waals surface area contributed by atoms with Crippen molar-refractivity contribution in [1.82, 2.24) is 5.43 Å². The molecule has 0 saturated heterocycles. The maximum atomic E-state index is 11.9. The van der Waals surface area contributed by atoms with Gasteiger partial charge in [0.15, 0.2) is 11.5 Å². The molecule has 7 heteroatoms. The number of nitrogens with zero attached hydrogens (tertiary/aromatic N) is 1. The molecule has 0 bridgehead atoms. The summed E-state index contributed by atoms with van der Waals surface area (Å²) in [7, 11) is 1.54. The third-order valence-electron chi connectivity index (χ3n) is 4.32. The van der Waals surface area contributed by atoms with Crippen molar-refractivity contribution in [2.24, 2.45) is 5.10 Å². The molecule has 0 saturated carbocycles. The molecule has 0 fully saturated rings. The lowest BCUT2D eigenvalue weighted by Gasteiger charge is -2.11. The van der Waals surface area contributed by atoms with Gasteiger partial charge in [-0.05, 0) is 48.4 Å². The summed E-state index contributed by atoms with van der Waals surface area (Å²) in [6.07, 6.45) is 1.42. The average molecular weight is 417 g/mol. The number of ether oxygens (including phenoxy) is 2. The molecule has 0 spiro atoms. The van der Waals surface area contributed by atoms with E-state index in [1.54, 1.807) is 37.4 Å². The average Bonchev–Trinajstić information content (AvgIpc) is 2.80. The highest BCUT2D eigenvalue weighted by atomic mass is 16.5. The Labute approximate surface area is 180 Å². The number of methoxy groups -OCH3 is 1. The van der Waals surface area contributed by atoms with E-state index in [0.717, 1.165) is 11.1 Å². The van der Waals surface area contributed by atoms with Gasteiger partial charge in [0.05, 0.1) is 13.3 Å². The Hall–Kier alpha value is -4.13. The molecule has 158 valence electrons. The van der Waals surface area contributed by atoms with E-state index in [-0.39, 0.29) is 0 Å². The summed E-state index contributed by atoms with van der Waals surface area (Å²) in [5.41, 5.74) is 5.51. The zero-order valence-electron chi connectivity index (χ0n) is 17.3. The van der Waals surface area contributed by atoms with Crippen molar-refractivity contribution in [3.05, 3.63) is 89.5 Å². The van der Waals surface area contributed by atoms with Crippen LogP contribution >= 0.6 is 0 Å². The van der Waals surface area contributed by atoms with Crippen molar-refractivity contribution in [2.45, 2.75) is 13.5 Å². The van der Waals surface area contributed by atoms with Gasteiger partial charge in [-0.1, -0.05) is 48.0 Å². The van der Waals surface area contributed by atoms with Crippen molar-refractivity contribution in [3.63, 3.8) is 0 Å². The number of anilines is 1. The number of hydrogen-bond acceptors (Lipinski definition) is 5. The predicted octanol–water partition coefficient (Wildman–Crippen LogP) is 3.67. The smallest absolute Gasteiger partial charge is 0.329 e. The molecule has 3 aromatic carbocycles. The van der Waals surface area contributed by atoms with E-state index >= 15 is 0 Å². The van der Waals surface area contributed by atoms with Gasteiger partial charge in [0.25, 0.3) is 0 Å². The van der Waals surface area contributed by atoms with Crippen molar-refractivity contribution in [2.75, 3.05) is 12.4 Å². The molecule has 2 amide bonds. The van der Waals surface area contributed by atoms with E-state index in [0.29, 0.717) is 29.4 Å². The first-order chi connectivity index (χ1) is 15.0. The van der Waals surface area contributed by atoms with Crippen LogP contribution in [0, 0.1) is 6.92 Å². The van der Waals surface area contributed by atoms with Crippen LogP contribution in [0.25, 0.3) is 0 Å². The van der Waals surface area contributed by atoms with Gasteiger partial charge in [-0.25, -0.2) is 5.43 Å². The van der Waals surface area contributed by atoms with Crippen LogP contribution < -0.4 is 20.2 Å². The number of nitrogens with one attached hydrogen (secondary N) is 2. The molecule has 31 heavy (non-hydrogen) atoms. The highest BCUT2D eigenvalue weighted by Gasteiger charge is 2.12. The third-order valence-corrected chi connectivity index (χ3v) is 4.32. The number of carbonyl (C=O) groups excluding carboxylic acids is 2. The second-order valence-electron chi connectivity index (χ2n) is 6.70. The van der Waals surface area contributed by atoms with Crippen LogP contribution in [0.2, 0.25) is 0 Å². The lowest BCUT2D eigenvalue weighted by atomic mass is 10.2. The number of rotatable bonds is 7. The second-order valence-corrected chi connectivity index (χ2v) is 6.70. The van der Waals surface area contributed by atoms with Crippen molar-refractivity contribution in [1.29, 1.82) is 0 Å². The van der Waals surface area contributed by atoms with Crippen molar-refractivity contribution < 1.29 is 19.1 Å². The van der Waals surface area contributed by atoms with E-state index in [2.05, 4.69) is 15.8 Å². The van der Waals surface area contributed by atoms with Crippen LogP contribution in [-0.4, -0.2) is 25.1 Å². The van der Waals surface area contributed by atoms with Crippen LogP contribution in [0.5, 0.6) is 11.5 Å². The topological polar surface area (TPSA) is 89.0 Å². The van der Waals surface area contributed by atoms with Gasteiger partial charge in [-0.2, -0.15) is 5.10 Å². The molecule has 0 aliphatic carbocycles. The summed E-state index contributed by atoms with van der Waals surface area (Å²) in [5.74, 6) is -0.553. The Morgan fingerprint density at radius 2 is 1.68 bits per heavy atom. The highest BCUT2D eigenvalue weighted by Crippen LogP contribution is 2.28. The van der Waals surface area contributed by atoms with Gasteiger partial charge in [0, 0.05) is 5.69 Å². The molecule has 3 aromatic rings. The summed E-state index contributed by atoms with van der Waals surface area (Å²) >= 11 is 0.